The molecule has 1 N–H and O–H groups in total. The zero-order valence-electron chi connectivity index (χ0n) is 19.1. The van der Waals surface area contributed by atoms with Gasteiger partial charge in [-0.15, -0.1) is 0 Å². The van der Waals surface area contributed by atoms with Gasteiger partial charge in [0.15, 0.2) is 5.11 Å². The summed E-state index contributed by atoms with van der Waals surface area (Å²) in [4.78, 5) is 6.93. The lowest BCUT2D eigenvalue weighted by Gasteiger charge is -2.28. The molecule has 0 bridgehead atoms. The van der Waals surface area contributed by atoms with Crippen LogP contribution < -0.4 is 10.2 Å². The van der Waals surface area contributed by atoms with E-state index in [-0.39, 0.29) is 12.1 Å². The molecule has 7 heteroatoms. The maximum absolute atomic E-state index is 5.91. The molecule has 34 heavy (non-hydrogen) atoms. The number of nitrogens with one attached hydrogen (secondary N) is 1. The van der Waals surface area contributed by atoms with Crippen LogP contribution in [-0.2, 0) is 0 Å². The number of hydrogen-bond donors (Lipinski definition) is 1. The van der Waals surface area contributed by atoms with Crippen LogP contribution in [0.15, 0.2) is 81.9 Å². The number of anilines is 1. The highest BCUT2D eigenvalue weighted by Crippen LogP contribution is 2.44. The smallest absolute Gasteiger partial charge is 0.174 e. The van der Waals surface area contributed by atoms with Crippen molar-refractivity contribution in [1.82, 2.24) is 14.9 Å². The quantitative estimate of drug-likeness (QED) is 0.248. The topological polar surface area (TPSA) is 33.1 Å². The molecule has 0 amide bonds. The van der Waals surface area contributed by atoms with Gasteiger partial charge in [-0.05, 0) is 98.7 Å². The van der Waals surface area contributed by atoms with Crippen molar-refractivity contribution >= 4 is 54.9 Å². The van der Waals surface area contributed by atoms with Crippen molar-refractivity contribution in [3.8, 4) is 5.69 Å². The SMILES string of the molecule is Cc1cc(N2C(=S)N[C@@H](c3ccccn3)[C@H]2c2cc(C)n(-c3cccc(Br)c3)c2C)ccc1Br. The van der Waals surface area contributed by atoms with Crippen LogP contribution in [0, 0.1) is 20.8 Å². The second kappa shape index (κ2) is 9.29. The molecule has 4 aromatic rings. The minimum Gasteiger partial charge on any atom is -0.351 e. The minimum atomic E-state index is -0.0749. The average Bonchev–Trinajstić information content (AvgIpc) is 3.31. The van der Waals surface area contributed by atoms with Crippen LogP contribution in [0.5, 0.6) is 0 Å². The molecule has 2 aromatic carbocycles. The monoisotopic (exact) mass is 594 g/mol. The molecule has 4 nitrogen and oxygen atoms in total. The lowest BCUT2D eigenvalue weighted by molar-refractivity contribution is 0.565. The standard InChI is InChI=1S/C27H24Br2N4S/c1-16-13-21(10-11-23(16)29)33-26(25(31-27(33)34)24-9-4-5-12-30-24)22-14-17(2)32(18(22)3)20-8-6-7-19(28)15-20/h4-15,25-26H,1-3H3,(H,31,34)/t25-,26+/m0/s1. The molecular weight excluding hydrogens is 572 g/mol. The number of rotatable bonds is 4. The molecule has 2 atom stereocenters. The normalized spacial score (nSPS) is 17.8. The number of halogens is 2. The Labute approximate surface area is 222 Å². The van der Waals surface area contributed by atoms with Gasteiger partial charge in [-0.3, -0.25) is 4.98 Å². The summed E-state index contributed by atoms with van der Waals surface area (Å²) in [6.07, 6.45) is 1.84. The molecule has 3 heterocycles. The first kappa shape index (κ1) is 23.3. The van der Waals surface area contributed by atoms with Crippen molar-refractivity contribution in [3.63, 3.8) is 0 Å². The van der Waals surface area contributed by atoms with Gasteiger partial charge in [-0.25, -0.2) is 0 Å². The van der Waals surface area contributed by atoms with Crippen molar-refractivity contribution in [2.24, 2.45) is 0 Å². The Balaban J connectivity index is 1.69. The highest BCUT2D eigenvalue weighted by Gasteiger charge is 2.42. The maximum Gasteiger partial charge on any atom is 0.174 e. The van der Waals surface area contributed by atoms with Gasteiger partial charge in [0.05, 0.1) is 17.8 Å². The predicted molar refractivity (Wildman–Crippen MR) is 150 cm³/mol. The van der Waals surface area contributed by atoms with Gasteiger partial charge in [0.25, 0.3) is 0 Å². The Morgan fingerprint density at radius 3 is 2.44 bits per heavy atom. The van der Waals surface area contributed by atoms with E-state index in [1.165, 1.54) is 22.5 Å². The first-order valence-electron chi connectivity index (χ1n) is 11.1. The fraction of sp³-hybridized carbons (Fsp3) is 0.185. The second-order valence-corrected chi connectivity index (χ2v) is 10.7. The summed E-state index contributed by atoms with van der Waals surface area (Å²) < 4.78 is 4.45. The molecule has 0 saturated carbocycles. The van der Waals surface area contributed by atoms with Crippen LogP contribution in [0.2, 0.25) is 0 Å². The molecule has 0 unspecified atom stereocenters. The van der Waals surface area contributed by atoms with Gasteiger partial charge in [-0.2, -0.15) is 0 Å². The lowest BCUT2D eigenvalue weighted by Crippen LogP contribution is -2.29. The first-order valence-corrected chi connectivity index (χ1v) is 13.1. The van der Waals surface area contributed by atoms with E-state index in [1.807, 2.05) is 24.4 Å². The van der Waals surface area contributed by atoms with E-state index < -0.39 is 0 Å². The molecule has 5 rings (SSSR count). The molecule has 0 aliphatic carbocycles. The van der Waals surface area contributed by atoms with Crippen LogP contribution in [0.3, 0.4) is 0 Å². The largest absolute Gasteiger partial charge is 0.351 e. The number of pyridine rings is 1. The molecule has 1 aliphatic rings. The van der Waals surface area contributed by atoms with Gasteiger partial charge in [0.1, 0.15) is 0 Å². The van der Waals surface area contributed by atoms with Crippen LogP contribution in [-0.4, -0.2) is 14.7 Å². The van der Waals surface area contributed by atoms with Crippen molar-refractivity contribution in [1.29, 1.82) is 0 Å². The summed E-state index contributed by atoms with van der Waals surface area (Å²) in [5, 5.41) is 4.28. The van der Waals surface area contributed by atoms with Crippen LogP contribution in [0.25, 0.3) is 5.69 Å². The van der Waals surface area contributed by atoms with E-state index in [0.29, 0.717) is 5.11 Å². The van der Waals surface area contributed by atoms with E-state index in [1.54, 1.807) is 0 Å². The van der Waals surface area contributed by atoms with Gasteiger partial charge < -0.3 is 14.8 Å². The summed E-state index contributed by atoms with van der Waals surface area (Å²) in [5.74, 6) is 0. The Morgan fingerprint density at radius 1 is 0.912 bits per heavy atom. The molecular formula is C27H24Br2N4S. The number of thiocarbonyl (C=S) groups is 1. The summed E-state index contributed by atoms with van der Waals surface area (Å²) >= 11 is 13.2. The van der Waals surface area contributed by atoms with Gasteiger partial charge in [0, 0.05) is 37.9 Å². The number of nitrogens with zero attached hydrogens (tertiary/aromatic N) is 3. The van der Waals surface area contributed by atoms with E-state index in [4.69, 9.17) is 17.2 Å². The lowest BCUT2D eigenvalue weighted by atomic mass is 9.96. The highest BCUT2D eigenvalue weighted by atomic mass is 79.9. The van der Waals surface area contributed by atoms with E-state index >= 15 is 0 Å². The predicted octanol–water partition coefficient (Wildman–Crippen LogP) is 7.50. The molecule has 1 saturated heterocycles. The van der Waals surface area contributed by atoms with E-state index in [9.17, 15) is 0 Å². The summed E-state index contributed by atoms with van der Waals surface area (Å²) in [7, 11) is 0. The Kier molecular flexibility index (Phi) is 6.35. The number of hydrogen-bond acceptors (Lipinski definition) is 2. The van der Waals surface area contributed by atoms with Gasteiger partial charge in [-0.1, -0.05) is 44.0 Å². The minimum absolute atomic E-state index is 0.0462. The molecule has 0 radical (unpaired) electrons. The number of aromatic nitrogens is 2. The van der Waals surface area contributed by atoms with Gasteiger partial charge in [0.2, 0.25) is 0 Å². The zero-order chi connectivity index (χ0) is 24.0. The summed E-state index contributed by atoms with van der Waals surface area (Å²) in [5.41, 5.74) is 7.92. The average molecular weight is 596 g/mol. The third-order valence-corrected chi connectivity index (χ3v) is 8.07. The first-order chi connectivity index (χ1) is 16.3. The fourth-order valence-corrected chi connectivity index (χ4v) is 5.81. The number of aryl methyl sites for hydroxylation is 2. The second-order valence-electron chi connectivity index (χ2n) is 8.57. The molecule has 1 fully saturated rings. The van der Waals surface area contributed by atoms with Crippen LogP contribution in [0.4, 0.5) is 5.69 Å². The van der Waals surface area contributed by atoms with Crippen molar-refractivity contribution < 1.29 is 0 Å². The molecule has 2 aromatic heterocycles. The Hall–Kier alpha value is -2.48. The fourth-order valence-electron chi connectivity index (χ4n) is 4.83. The number of benzene rings is 2. The van der Waals surface area contributed by atoms with Crippen molar-refractivity contribution in [2.45, 2.75) is 32.9 Å². The molecule has 1 aliphatic heterocycles. The highest BCUT2D eigenvalue weighted by molar-refractivity contribution is 9.10. The third-order valence-electron chi connectivity index (χ3n) is 6.37. The third kappa shape index (κ3) is 4.10. The molecule has 172 valence electrons. The summed E-state index contributed by atoms with van der Waals surface area (Å²) in [6, 6.07) is 23.0. The summed E-state index contributed by atoms with van der Waals surface area (Å²) in [6.45, 7) is 6.44. The van der Waals surface area contributed by atoms with E-state index in [2.05, 4.69) is 116 Å². The van der Waals surface area contributed by atoms with Gasteiger partial charge >= 0.3 is 0 Å². The van der Waals surface area contributed by atoms with Crippen LogP contribution in [0.1, 0.15) is 40.3 Å². The Morgan fingerprint density at radius 2 is 1.74 bits per heavy atom. The zero-order valence-corrected chi connectivity index (χ0v) is 23.1. The van der Waals surface area contributed by atoms with Crippen molar-refractivity contribution in [3.05, 3.63) is 110 Å². The Bertz CT molecular complexity index is 1380. The van der Waals surface area contributed by atoms with E-state index in [0.717, 1.165) is 26.0 Å². The maximum atomic E-state index is 5.91. The molecule has 0 spiro atoms. The van der Waals surface area contributed by atoms with Crippen LogP contribution >= 0.6 is 44.1 Å². The van der Waals surface area contributed by atoms with Crippen molar-refractivity contribution in [2.75, 3.05) is 4.90 Å².